The van der Waals surface area contributed by atoms with Gasteiger partial charge in [-0.3, -0.25) is 4.79 Å². The number of rotatable bonds is 6. The number of nitrogens with zero attached hydrogens (tertiary/aromatic N) is 5. The Bertz CT molecular complexity index is 1820. The zero-order valence-corrected chi connectivity index (χ0v) is 22.6. The van der Waals surface area contributed by atoms with E-state index in [1.54, 1.807) is 34.4 Å². The third-order valence-corrected chi connectivity index (χ3v) is 7.30. The maximum Gasteiger partial charge on any atom is 0.471 e. The lowest BCUT2D eigenvalue weighted by atomic mass is 10.0. The van der Waals surface area contributed by atoms with Crippen molar-refractivity contribution in [1.29, 1.82) is 0 Å². The van der Waals surface area contributed by atoms with Crippen LogP contribution in [0.2, 0.25) is 0 Å². The maximum atomic E-state index is 14.4. The van der Waals surface area contributed by atoms with Crippen LogP contribution < -0.4 is 10.6 Å². The van der Waals surface area contributed by atoms with Crippen molar-refractivity contribution in [1.82, 2.24) is 24.5 Å². The molecule has 2 N–H and O–H groups in total. The summed E-state index contributed by atoms with van der Waals surface area (Å²) in [6.07, 6.45) is 0.0820. The molecule has 0 bridgehead atoms. The summed E-state index contributed by atoms with van der Waals surface area (Å²) in [5, 5.41) is 9.48. The van der Waals surface area contributed by atoms with Crippen LogP contribution in [0.1, 0.15) is 11.1 Å². The van der Waals surface area contributed by atoms with Crippen LogP contribution in [0.3, 0.4) is 0 Å². The molecule has 42 heavy (non-hydrogen) atoms. The molecular formula is C30H25F4N7O. The molecule has 0 fully saturated rings. The Kier molecular flexibility index (Phi) is 6.85. The lowest BCUT2D eigenvalue weighted by Gasteiger charge is -2.17. The number of alkyl halides is 3. The zero-order chi connectivity index (χ0) is 29.6. The second-order valence-corrected chi connectivity index (χ2v) is 10.3. The molecule has 0 spiro atoms. The SMILES string of the molecule is CN(C)C1Cc2ccc(Nc3nccc(-c4c(-c5ccc(F)c(NC(=O)C(F)(F)F)c5)nn5ccccc45)n3)cc2C1. The van der Waals surface area contributed by atoms with Gasteiger partial charge in [-0.2, -0.15) is 18.3 Å². The summed E-state index contributed by atoms with van der Waals surface area (Å²) in [5.41, 5.74) is 5.14. The maximum absolute atomic E-state index is 14.4. The van der Waals surface area contributed by atoms with Crippen LogP contribution >= 0.6 is 0 Å². The number of halogens is 4. The van der Waals surface area contributed by atoms with Gasteiger partial charge in [-0.25, -0.2) is 18.9 Å². The number of hydrogen-bond donors (Lipinski definition) is 2. The van der Waals surface area contributed by atoms with Crippen molar-refractivity contribution >= 4 is 28.7 Å². The molecule has 1 atom stereocenters. The summed E-state index contributed by atoms with van der Waals surface area (Å²) in [6, 6.07) is 17.2. The van der Waals surface area contributed by atoms with Crippen molar-refractivity contribution in [3.63, 3.8) is 0 Å². The van der Waals surface area contributed by atoms with Gasteiger partial charge >= 0.3 is 12.1 Å². The molecule has 0 saturated heterocycles. The fraction of sp³-hybridized carbons (Fsp3) is 0.200. The van der Waals surface area contributed by atoms with Gasteiger partial charge in [-0.1, -0.05) is 12.1 Å². The van der Waals surface area contributed by atoms with Crippen LogP contribution in [0.25, 0.3) is 28.0 Å². The van der Waals surface area contributed by atoms with Crippen molar-refractivity contribution in [3.8, 4) is 22.5 Å². The number of likely N-dealkylation sites (N-methyl/N-ethyl adjacent to an activating group) is 1. The summed E-state index contributed by atoms with van der Waals surface area (Å²) in [5.74, 6) is -2.95. The second kappa shape index (κ2) is 10.5. The van der Waals surface area contributed by atoms with E-state index >= 15 is 0 Å². The number of benzene rings is 2. The van der Waals surface area contributed by atoms with E-state index in [0.29, 0.717) is 34.5 Å². The van der Waals surface area contributed by atoms with Gasteiger partial charge in [0.15, 0.2) is 0 Å². The Morgan fingerprint density at radius 1 is 1.02 bits per heavy atom. The Labute approximate surface area is 238 Å². The van der Waals surface area contributed by atoms with E-state index in [2.05, 4.69) is 46.5 Å². The van der Waals surface area contributed by atoms with Crippen LogP contribution in [0, 0.1) is 5.82 Å². The first-order chi connectivity index (χ1) is 20.1. The molecule has 214 valence electrons. The fourth-order valence-electron chi connectivity index (χ4n) is 5.14. The van der Waals surface area contributed by atoms with Crippen molar-refractivity contribution < 1.29 is 22.4 Å². The molecule has 6 rings (SSSR count). The van der Waals surface area contributed by atoms with Crippen LogP contribution in [0.15, 0.2) is 73.1 Å². The van der Waals surface area contributed by atoms with Crippen molar-refractivity contribution in [2.24, 2.45) is 0 Å². The number of pyridine rings is 1. The van der Waals surface area contributed by atoms with Crippen molar-refractivity contribution in [3.05, 3.63) is 90.0 Å². The number of aromatic nitrogens is 4. The predicted octanol–water partition coefficient (Wildman–Crippen LogP) is 5.87. The van der Waals surface area contributed by atoms with E-state index in [1.807, 2.05) is 18.2 Å². The summed E-state index contributed by atoms with van der Waals surface area (Å²) in [6.45, 7) is 0. The highest BCUT2D eigenvalue weighted by Gasteiger charge is 2.39. The first-order valence-corrected chi connectivity index (χ1v) is 13.1. The van der Waals surface area contributed by atoms with Crippen LogP contribution in [-0.4, -0.2) is 56.7 Å². The molecule has 8 nitrogen and oxygen atoms in total. The normalized spacial score (nSPS) is 14.8. The molecule has 1 amide bonds. The molecule has 0 aliphatic heterocycles. The van der Waals surface area contributed by atoms with Gasteiger partial charge in [0.25, 0.3) is 0 Å². The molecule has 3 aromatic heterocycles. The number of hydrogen-bond acceptors (Lipinski definition) is 6. The molecule has 0 saturated carbocycles. The largest absolute Gasteiger partial charge is 0.471 e. The topological polar surface area (TPSA) is 87.5 Å². The highest BCUT2D eigenvalue weighted by atomic mass is 19.4. The van der Waals surface area contributed by atoms with Gasteiger partial charge < -0.3 is 15.5 Å². The van der Waals surface area contributed by atoms with Crippen LogP contribution in [-0.2, 0) is 17.6 Å². The highest BCUT2D eigenvalue weighted by molar-refractivity contribution is 5.96. The van der Waals surface area contributed by atoms with Gasteiger partial charge in [0.05, 0.1) is 22.5 Å². The molecule has 1 unspecified atom stereocenters. The number of fused-ring (bicyclic) bond motifs is 2. The fourth-order valence-corrected chi connectivity index (χ4v) is 5.14. The third-order valence-electron chi connectivity index (χ3n) is 7.30. The van der Waals surface area contributed by atoms with Gasteiger partial charge in [0.2, 0.25) is 5.95 Å². The highest BCUT2D eigenvalue weighted by Crippen LogP contribution is 2.36. The summed E-state index contributed by atoms with van der Waals surface area (Å²) < 4.78 is 54.6. The molecule has 0 radical (unpaired) electrons. The monoisotopic (exact) mass is 575 g/mol. The van der Waals surface area contributed by atoms with Gasteiger partial charge in [0, 0.05) is 29.7 Å². The average Bonchev–Trinajstić information content (AvgIpc) is 3.56. The molecular weight excluding hydrogens is 550 g/mol. The predicted molar refractivity (Wildman–Crippen MR) is 151 cm³/mol. The van der Waals surface area contributed by atoms with Gasteiger partial charge in [-0.05, 0) is 86.6 Å². The first-order valence-electron chi connectivity index (χ1n) is 13.1. The van der Waals surface area contributed by atoms with Crippen molar-refractivity contribution in [2.75, 3.05) is 24.7 Å². The van der Waals surface area contributed by atoms with E-state index in [1.165, 1.54) is 17.2 Å². The smallest absolute Gasteiger partial charge is 0.324 e. The molecule has 5 aromatic rings. The Morgan fingerprint density at radius 2 is 1.83 bits per heavy atom. The Hall–Kier alpha value is -4.84. The Balaban J connectivity index is 1.37. The van der Waals surface area contributed by atoms with Gasteiger partial charge in [-0.15, -0.1) is 0 Å². The average molecular weight is 576 g/mol. The standard InChI is InChI=1S/C30H25F4N7O/c1-40(2)21-14-17-6-8-20(13-19(17)15-21)36-29-35-11-10-23(38-29)26-25-5-3-4-12-41(25)39-27(26)18-7-9-22(31)24(16-18)37-28(42)30(32,33)34/h3-13,16,21H,14-15H2,1-2H3,(H,37,42)(H,35,36,38). The number of anilines is 3. The van der Waals surface area contributed by atoms with E-state index in [0.717, 1.165) is 30.7 Å². The molecule has 3 heterocycles. The number of nitrogens with one attached hydrogen (secondary N) is 2. The number of carbonyl (C=O) groups is 1. The minimum absolute atomic E-state index is 0.287. The van der Waals surface area contributed by atoms with Crippen molar-refractivity contribution in [2.45, 2.75) is 25.1 Å². The first kappa shape index (κ1) is 27.3. The van der Waals surface area contributed by atoms with E-state index in [4.69, 9.17) is 4.98 Å². The quantitative estimate of drug-likeness (QED) is 0.246. The molecule has 2 aromatic carbocycles. The third kappa shape index (κ3) is 5.28. The van der Waals surface area contributed by atoms with Crippen LogP contribution in [0.5, 0.6) is 0 Å². The zero-order valence-electron chi connectivity index (χ0n) is 22.6. The molecule has 12 heteroatoms. The van der Waals surface area contributed by atoms with E-state index in [-0.39, 0.29) is 5.56 Å². The lowest BCUT2D eigenvalue weighted by molar-refractivity contribution is -0.167. The van der Waals surface area contributed by atoms with E-state index < -0.39 is 23.6 Å². The summed E-state index contributed by atoms with van der Waals surface area (Å²) in [4.78, 5) is 22.8. The minimum Gasteiger partial charge on any atom is -0.324 e. The lowest BCUT2D eigenvalue weighted by Crippen LogP contribution is -2.30. The summed E-state index contributed by atoms with van der Waals surface area (Å²) in [7, 11) is 4.16. The second-order valence-electron chi connectivity index (χ2n) is 10.3. The number of carbonyl (C=O) groups excluding carboxylic acids is 1. The summed E-state index contributed by atoms with van der Waals surface area (Å²) >= 11 is 0. The van der Waals surface area contributed by atoms with E-state index in [9.17, 15) is 22.4 Å². The minimum atomic E-state index is -5.17. The van der Waals surface area contributed by atoms with Gasteiger partial charge in [0.1, 0.15) is 11.5 Å². The molecule has 1 aliphatic rings. The molecule has 1 aliphatic carbocycles. The van der Waals surface area contributed by atoms with Crippen LogP contribution in [0.4, 0.5) is 34.9 Å². The number of amides is 1. The Morgan fingerprint density at radius 3 is 2.62 bits per heavy atom.